The van der Waals surface area contributed by atoms with Gasteiger partial charge >= 0.3 is 0 Å². The van der Waals surface area contributed by atoms with Gasteiger partial charge in [-0.3, -0.25) is 4.79 Å². The minimum atomic E-state index is -0.578. The molecule has 3 nitrogen and oxygen atoms in total. The maximum atomic E-state index is 13.2. The Kier molecular flexibility index (Phi) is 3.62. The first kappa shape index (κ1) is 12.6. The summed E-state index contributed by atoms with van der Waals surface area (Å²) in [7, 11) is 0. The van der Waals surface area contributed by atoms with Gasteiger partial charge in [-0.25, -0.2) is 4.39 Å². The van der Waals surface area contributed by atoms with Crippen LogP contribution in [0.5, 0.6) is 0 Å². The van der Waals surface area contributed by atoms with Crippen LogP contribution in [-0.2, 0) is 0 Å². The molecule has 3 N–H and O–H groups in total. The molecule has 1 unspecified atom stereocenters. The number of nitrogen functional groups attached to an aromatic ring is 1. The summed E-state index contributed by atoms with van der Waals surface area (Å²) in [5, 5.41) is 6.68. The van der Waals surface area contributed by atoms with Crippen LogP contribution in [0.1, 0.15) is 28.9 Å². The van der Waals surface area contributed by atoms with Crippen LogP contribution < -0.4 is 11.1 Å². The summed E-state index contributed by atoms with van der Waals surface area (Å²) >= 11 is 1.56. The van der Waals surface area contributed by atoms with Crippen molar-refractivity contribution in [3.8, 4) is 0 Å². The Morgan fingerprint density at radius 1 is 1.44 bits per heavy atom. The van der Waals surface area contributed by atoms with E-state index in [0.29, 0.717) is 0 Å². The van der Waals surface area contributed by atoms with Crippen LogP contribution >= 0.6 is 11.3 Å². The van der Waals surface area contributed by atoms with Gasteiger partial charge in [0.2, 0.25) is 0 Å². The quantitative estimate of drug-likeness (QED) is 0.837. The van der Waals surface area contributed by atoms with Gasteiger partial charge in [0, 0.05) is 0 Å². The van der Waals surface area contributed by atoms with E-state index in [1.807, 2.05) is 23.8 Å². The molecule has 94 valence electrons. The second-order valence-electron chi connectivity index (χ2n) is 3.95. The molecule has 5 heteroatoms. The lowest BCUT2D eigenvalue weighted by atomic mass is 10.1. The lowest BCUT2D eigenvalue weighted by Gasteiger charge is -2.13. The zero-order chi connectivity index (χ0) is 13.1. The molecule has 0 saturated heterocycles. The summed E-state index contributed by atoms with van der Waals surface area (Å²) in [6.07, 6.45) is 0. The SMILES string of the molecule is CC(NC(=O)c1cccc(F)c1N)c1ccsc1. The molecule has 0 spiro atoms. The smallest absolute Gasteiger partial charge is 0.253 e. The van der Waals surface area contributed by atoms with Crippen molar-refractivity contribution in [2.45, 2.75) is 13.0 Å². The van der Waals surface area contributed by atoms with E-state index in [4.69, 9.17) is 5.73 Å². The predicted molar refractivity (Wildman–Crippen MR) is 71.0 cm³/mol. The van der Waals surface area contributed by atoms with Gasteiger partial charge in [-0.1, -0.05) is 6.07 Å². The molecule has 2 rings (SSSR count). The summed E-state index contributed by atoms with van der Waals surface area (Å²) in [5.74, 6) is -0.948. The van der Waals surface area contributed by atoms with Crippen molar-refractivity contribution >= 4 is 22.9 Å². The Bertz CT molecular complexity index is 554. The number of benzene rings is 1. The monoisotopic (exact) mass is 264 g/mol. The molecule has 0 aliphatic heterocycles. The molecular weight excluding hydrogens is 251 g/mol. The maximum absolute atomic E-state index is 13.2. The van der Waals surface area contributed by atoms with E-state index in [0.717, 1.165) is 5.56 Å². The number of hydrogen-bond acceptors (Lipinski definition) is 3. The molecule has 1 aromatic carbocycles. The minimum Gasteiger partial charge on any atom is -0.396 e. The maximum Gasteiger partial charge on any atom is 0.253 e. The number of halogens is 1. The lowest BCUT2D eigenvalue weighted by Crippen LogP contribution is -2.27. The van der Waals surface area contributed by atoms with Crippen molar-refractivity contribution in [2.24, 2.45) is 0 Å². The molecule has 0 fully saturated rings. The number of rotatable bonds is 3. The highest BCUT2D eigenvalue weighted by Crippen LogP contribution is 2.19. The van der Waals surface area contributed by atoms with Crippen molar-refractivity contribution in [3.05, 3.63) is 52.0 Å². The van der Waals surface area contributed by atoms with Crippen LogP contribution in [0.15, 0.2) is 35.0 Å². The minimum absolute atomic E-state index is 0.118. The average molecular weight is 264 g/mol. The van der Waals surface area contributed by atoms with Gasteiger partial charge in [0.05, 0.1) is 17.3 Å². The number of thiophene rings is 1. The highest BCUT2D eigenvalue weighted by atomic mass is 32.1. The molecule has 18 heavy (non-hydrogen) atoms. The molecule has 0 aliphatic carbocycles. The van der Waals surface area contributed by atoms with Crippen LogP contribution in [0.4, 0.5) is 10.1 Å². The highest BCUT2D eigenvalue weighted by Gasteiger charge is 2.15. The normalized spacial score (nSPS) is 12.1. The molecule has 1 atom stereocenters. The second-order valence-corrected chi connectivity index (χ2v) is 4.73. The van der Waals surface area contributed by atoms with Gasteiger partial charge in [0.25, 0.3) is 5.91 Å². The van der Waals surface area contributed by atoms with E-state index in [9.17, 15) is 9.18 Å². The van der Waals surface area contributed by atoms with Crippen LogP contribution in [0.25, 0.3) is 0 Å². The van der Waals surface area contributed by atoms with Gasteiger partial charge in [0.1, 0.15) is 5.82 Å². The van der Waals surface area contributed by atoms with Gasteiger partial charge in [-0.15, -0.1) is 0 Å². The number of nitrogens with one attached hydrogen (secondary N) is 1. The highest BCUT2D eigenvalue weighted by molar-refractivity contribution is 7.07. The zero-order valence-corrected chi connectivity index (χ0v) is 10.6. The predicted octanol–water partition coefficient (Wildman–Crippen LogP) is 2.96. The van der Waals surface area contributed by atoms with Crippen molar-refractivity contribution in [1.82, 2.24) is 5.32 Å². The first-order valence-electron chi connectivity index (χ1n) is 5.46. The van der Waals surface area contributed by atoms with Crippen molar-refractivity contribution in [2.75, 3.05) is 5.73 Å². The number of hydrogen-bond donors (Lipinski definition) is 2. The summed E-state index contributed by atoms with van der Waals surface area (Å²) in [4.78, 5) is 12.0. The molecular formula is C13H13FN2OS. The van der Waals surface area contributed by atoms with Gasteiger partial charge in [-0.05, 0) is 41.4 Å². The molecule has 1 aromatic heterocycles. The number of anilines is 1. The Hall–Kier alpha value is -1.88. The molecule has 0 aliphatic rings. The Morgan fingerprint density at radius 2 is 2.22 bits per heavy atom. The standard InChI is InChI=1S/C13H13FN2OS/c1-8(9-5-6-18-7-9)16-13(17)10-3-2-4-11(14)12(10)15/h2-8H,15H2,1H3,(H,16,17). The van der Waals surface area contributed by atoms with E-state index in [-0.39, 0.29) is 23.2 Å². The van der Waals surface area contributed by atoms with E-state index >= 15 is 0 Å². The molecule has 1 heterocycles. The molecule has 1 amide bonds. The third-order valence-corrected chi connectivity index (χ3v) is 3.39. The summed E-state index contributed by atoms with van der Waals surface area (Å²) in [5.41, 5.74) is 6.61. The number of carbonyl (C=O) groups excluding carboxylic acids is 1. The molecule has 0 saturated carbocycles. The summed E-state index contributed by atoms with van der Waals surface area (Å²) < 4.78 is 13.2. The van der Waals surface area contributed by atoms with Crippen LogP contribution in [0, 0.1) is 5.82 Å². The third kappa shape index (κ3) is 2.51. The fourth-order valence-electron chi connectivity index (χ4n) is 1.61. The molecule has 2 aromatic rings. The molecule has 0 radical (unpaired) electrons. The van der Waals surface area contributed by atoms with E-state index in [1.54, 1.807) is 11.3 Å². The fourth-order valence-corrected chi connectivity index (χ4v) is 2.37. The fraction of sp³-hybridized carbons (Fsp3) is 0.154. The largest absolute Gasteiger partial charge is 0.396 e. The molecule has 0 bridgehead atoms. The Labute approximate surface area is 108 Å². The number of para-hydroxylation sites is 1. The van der Waals surface area contributed by atoms with Crippen LogP contribution in [0.3, 0.4) is 0 Å². The van der Waals surface area contributed by atoms with E-state index in [2.05, 4.69) is 5.32 Å². The van der Waals surface area contributed by atoms with E-state index < -0.39 is 5.82 Å². The van der Waals surface area contributed by atoms with Gasteiger partial charge in [0.15, 0.2) is 0 Å². The Morgan fingerprint density at radius 3 is 2.89 bits per heavy atom. The number of amides is 1. The summed E-state index contributed by atoms with van der Waals surface area (Å²) in [6.45, 7) is 1.87. The van der Waals surface area contributed by atoms with Crippen LogP contribution in [0.2, 0.25) is 0 Å². The van der Waals surface area contributed by atoms with E-state index in [1.165, 1.54) is 18.2 Å². The van der Waals surface area contributed by atoms with Gasteiger partial charge in [-0.2, -0.15) is 11.3 Å². The van der Waals surface area contributed by atoms with Crippen molar-refractivity contribution < 1.29 is 9.18 Å². The average Bonchev–Trinajstić information content (AvgIpc) is 2.86. The first-order valence-corrected chi connectivity index (χ1v) is 6.41. The first-order chi connectivity index (χ1) is 8.59. The second kappa shape index (κ2) is 5.18. The lowest BCUT2D eigenvalue weighted by molar-refractivity contribution is 0.0940. The third-order valence-electron chi connectivity index (χ3n) is 2.69. The van der Waals surface area contributed by atoms with Crippen LogP contribution in [-0.4, -0.2) is 5.91 Å². The topological polar surface area (TPSA) is 55.1 Å². The summed E-state index contributed by atoms with van der Waals surface area (Å²) in [6, 6.07) is 6.01. The number of carbonyl (C=O) groups is 1. The number of nitrogens with two attached hydrogens (primary N) is 1. The van der Waals surface area contributed by atoms with Crippen molar-refractivity contribution in [3.63, 3.8) is 0 Å². The zero-order valence-electron chi connectivity index (χ0n) is 9.81. The van der Waals surface area contributed by atoms with Gasteiger partial charge < -0.3 is 11.1 Å². The van der Waals surface area contributed by atoms with Crippen molar-refractivity contribution in [1.29, 1.82) is 0 Å². The Balaban J connectivity index is 2.15.